The number of fused-ring (bicyclic) bond motifs is 1. The number of rotatable bonds is 11. The monoisotopic (exact) mass is 450 g/mol. The number of unbranched alkanes of at least 4 members (excludes halogenated alkanes) is 1. The summed E-state index contributed by atoms with van der Waals surface area (Å²) in [7, 11) is 0. The van der Waals surface area contributed by atoms with Crippen molar-refractivity contribution in [2.45, 2.75) is 59.4 Å². The number of hydrogen-bond donors (Lipinski definition) is 1. The van der Waals surface area contributed by atoms with Crippen LogP contribution in [-0.4, -0.2) is 30.3 Å². The molecule has 0 spiro atoms. The summed E-state index contributed by atoms with van der Waals surface area (Å²) in [6, 6.07) is 14.8. The summed E-state index contributed by atoms with van der Waals surface area (Å²) in [4.78, 5) is 26.4. The van der Waals surface area contributed by atoms with Crippen LogP contribution < -0.4 is 10.1 Å². The number of benzene rings is 2. The topological polar surface area (TPSA) is 58.6 Å². The Labute approximate surface area is 198 Å². The molecular formula is C28H38N2O3. The summed E-state index contributed by atoms with van der Waals surface area (Å²) in [6.07, 6.45) is 4.72. The lowest BCUT2D eigenvalue weighted by Gasteiger charge is -2.34. The van der Waals surface area contributed by atoms with Crippen molar-refractivity contribution in [1.82, 2.24) is 10.2 Å². The fourth-order valence-corrected chi connectivity index (χ4v) is 4.97. The first-order chi connectivity index (χ1) is 15.9. The highest BCUT2D eigenvalue weighted by molar-refractivity contribution is 5.86. The van der Waals surface area contributed by atoms with Crippen molar-refractivity contribution >= 4 is 12.3 Å². The normalized spacial score (nSPS) is 15.6. The zero-order chi connectivity index (χ0) is 23.8. The zero-order valence-corrected chi connectivity index (χ0v) is 20.4. The third-order valence-electron chi connectivity index (χ3n) is 6.72. The molecule has 2 aromatic rings. The lowest BCUT2D eigenvalue weighted by atomic mass is 9.82. The second-order valence-corrected chi connectivity index (χ2v) is 9.71. The molecule has 1 unspecified atom stereocenters. The van der Waals surface area contributed by atoms with Crippen LogP contribution in [0.15, 0.2) is 48.5 Å². The van der Waals surface area contributed by atoms with Crippen LogP contribution in [0.2, 0.25) is 0 Å². The molecule has 0 aliphatic carbocycles. The minimum Gasteiger partial charge on any atom is -0.457 e. The standard InChI is InChI=1S/C28H38N2O3/c1-20(2)25(21(3)4)12-8-9-16-29-28(32)27-26-14-13-24(33-23-10-6-5-7-11-23)18-22(26)15-17-30(27)19-31/h5-7,10-11,13-14,18-21,25,27H,8-9,12,15-17H2,1-4H3,(H,29,32). The van der Waals surface area contributed by atoms with Crippen molar-refractivity contribution in [1.29, 1.82) is 0 Å². The second kappa shape index (κ2) is 11.9. The highest BCUT2D eigenvalue weighted by Gasteiger charge is 2.32. The number of carbonyl (C=O) groups excluding carboxylic acids is 2. The molecule has 0 fully saturated rings. The van der Waals surface area contributed by atoms with Gasteiger partial charge >= 0.3 is 0 Å². The van der Waals surface area contributed by atoms with Gasteiger partial charge in [0.25, 0.3) is 0 Å². The van der Waals surface area contributed by atoms with E-state index in [9.17, 15) is 9.59 Å². The van der Waals surface area contributed by atoms with E-state index in [0.717, 1.165) is 41.9 Å². The number of amides is 2. The van der Waals surface area contributed by atoms with Crippen molar-refractivity contribution in [2.24, 2.45) is 17.8 Å². The predicted octanol–water partition coefficient (Wildman–Crippen LogP) is 5.75. The molecule has 0 radical (unpaired) electrons. The number of ether oxygens (including phenoxy) is 1. The maximum Gasteiger partial charge on any atom is 0.247 e. The Hall–Kier alpha value is -2.82. The maximum atomic E-state index is 13.1. The molecule has 178 valence electrons. The van der Waals surface area contributed by atoms with Crippen molar-refractivity contribution in [3.63, 3.8) is 0 Å². The van der Waals surface area contributed by atoms with Gasteiger partial charge in [-0.05, 0) is 72.4 Å². The summed E-state index contributed by atoms with van der Waals surface area (Å²) in [5, 5.41) is 3.07. The van der Waals surface area contributed by atoms with Gasteiger partial charge in [0, 0.05) is 13.1 Å². The van der Waals surface area contributed by atoms with Crippen molar-refractivity contribution in [3.05, 3.63) is 59.7 Å². The van der Waals surface area contributed by atoms with Gasteiger partial charge in [-0.15, -0.1) is 0 Å². The number of nitrogens with zero attached hydrogens (tertiary/aromatic N) is 1. The van der Waals surface area contributed by atoms with Gasteiger partial charge in [-0.3, -0.25) is 9.59 Å². The zero-order valence-electron chi connectivity index (χ0n) is 20.4. The van der Waals surface area contributed by atoms with E-state index < -0.39 is 6.04 Å². The average Bonchev–Trinajstić information content (AvgIpc) is 2.80. The van der Waals surface area contributed by atoms with Crippen LogP contribution in [0.1, 0.15) is 64.1 Å². The summed E-state index contributed by atoms with van der Waals surface area (Å²) in [5.74, 6) is 3.47. The Balaban J connectivity index is 1.61. The van der Waals surface area contributed by atoms with Crippen LogP contribution in [0.5, 0.6) is 11.5 Å². The van der Waals surface area contributed by atoms with Gasteiger partial charge in [-0.1, -0.05) is 58.4 Å². The molecule has 1 N–H and O–H groups in total. The Bertz CT molecular complexity index is 903. The number of carbonyl (C=O) groups is 2. The fourth-order valence-electron chi connectivity index (χ4n) is 4.97. The van der Waals surface area contributed by atoms with Crippen molar-refractivity contribution < 1.29 is 14.3 Å². The number of para-hydroxylation sites is 1. The third kappa shape index (κ3) is 6.59. The van der Waals surface area contributed by atoms with E-state index in [1.54, 1.807) is 4.90 Å². The molecule has 2 aromatic carbocycles. The van der Waals surface area contributed by atoms with Crippen LogP contribution in [0.3, 0.4) is 0 Å². The van der Waals surface area contributed by atoms with E-state index >= 15 is 0 Å². The SMILES string of the molecule is CC(C)C(CCCCNC(=O)C1c2ccc(Oc3ccccc3)cc2CCN1C=O)C(C)C. The first-order valence-corrected chi connectivity index (χ1v) is 12.2. The van der Waals surface area contributed by atoms with Gasteiger partial charge in [0.15, 0.2) is 0 Å². The Morgan fingerprint density at radius 1 is 1.06 bits per heavy atom. The van der Waals surface area contributed by atoms with E-state index in [-0.39, 0.29) is 5.91 Å². The van der Waals surface area contributed by atoms with E-state index in [4.69, 9.17) is 4.74 Å². The third-order valence-corrected chi connectivity index (χ3v) is 6.72. The number of nitrogens with one attached hydrogen (secondary N) is 1. The van der Waals surface area contributed by atoms with Gasteiger partial charge in [0.2, 0.25) is 12.3 Å². The van der Waals surface area contributed by atoms with Crippen LogP contribution in [-0.2, 0) is 16.0 Å². The quantitative estimate of drug-likeness (QED) is 0.350. The fraction of sp³-hybridized carbons (Fsp3) is 0.500. The molecule has 5 heteroatoms. The smallest absolute Gasteiger partial charge is 0.247 e. The summed E-state index contributed by atoms with van der Waals surface area (Å²) in [6.45, 7) is 10.3. The van der Waals surface area contributed by atoms with E-state index in [2.05, 4.69) is 33.0 Å². The van der Waals surface area contributed by atoms with Crippen LogP contribution in [0.4, 0.5) is 0 Å². The summed E-state index contributed by atoms with van der Waals surface area (Å²) < 4.78 is 5.95. The number of hydrogen-bond acceptors (Lipinski definition) is 3. The summed E-state index contributed by atoms with van der Waals surface area (Å²) >= 11 is 0. The Morgan fingerprint density at radius 2 is 1.79 bits per heavy atom. The molecule has 33 heavy (non-hydrogen) atoms. The molecule has 2 amide bonds. The minimum atomic E-state index is -0.587. The minimum absolute atomic E-state index is 0.107. The van der Waals surface area contributed by atoms with Crippen LogP contribution in [0, 0.1) is 17.8 Å². The van der Waals surface area contributed by atoms with Gasteiger partial charge in [-0.2, -0.15) is 0 Å². The molecule has 0 saturated heterocycles. The highest BCUT2D eigenvalue weighted by Crippen LogP contribution is 2.33. The molecule has 0 saturated carbocycles. The Morgan fingerprint density at radius 3 is 2.45 bits per heavy atom. The van der Waals surface area contributed by atoms with Gasteiger partial charge in [-0.25, -0.2) is 0 Å². The Kier molecular flexibility index (Phi) is 8.93. The highest BCUT2D eigenvalue weighted by atomic mass is 16.5. The van der Waals surface area contributed by atoms with Gasteiger partial charge in [0.05, 0.1) is 0 Å². The van der Waals surface area contributed by atoms with Gasteiger partial charge in [0.1, 0.15) is 17.5 Å². The van der Waals surface area contributed by atoms with E-state index in [1.165, 1.54) is 6.42 Å². The molecule has 0 aromatic heterocycles. The molecule has 1 aliphatic rings. The van der Waals surface area contributed by atoms with Crippen LogP contribution in [0.25, 0.3) is 0 Å². The lowest BCUT2D eigenvalue weighted by molar-refractivity contribution is -0.133. The molecule has 3 rings (SSSR count). The molecule has 1 atom stereocenters. The lowest BCUT2D eigenvalue weighted by Crippen LogP contribution is -2.44. The first kappa shape index (κ1) is 24.8. The van der Waals surface area contributed by atoms with E-state index in [1.807, 2.05) is 48.5 Å². The average molecular weight is 451 g/mol. The maximum absolute atomic E-state index is 13.1. The first-order valence-electron chi connectivity index (χ1n) is 12.2. The van der Waals surface area contributed by atoms with Crippen molar-refractivity contribution in [3.8, 4) is 11.5 Å². The largest absolute Gasteiger partial charge is 0.457 e. The molecule has 5 nitrogen and oxygen atoms in total. The second-order valence-electron chi connectivity index (χ2n) is 9.71. The summed E-state index contributed by atoms with van der Waals surface area (Å²) in [5.41, 5.74) is 1.93. The van der Waals surface area contributed by atoms with Crippen molar-refractivity contribution in [2.75, 3.05) is 13.1 Å². The molecule has 0 bridgehead atoms. The predicted molar refractivity (Wildman–Crippen MR) is 132 cm³/mol. The van der Waals surface area contributed by atoms with Crippen LogP contribution >= 0.6 is 0 Å². The van der Waals surface area contributed by atoms with E-state index in [0.29, 0.717) is 37.3 Å². The molecule has 1 aliphatic heterocycles. The van der Waals surface area contributed by atoms with Gasteiger partial charge < -0.3 is 15.0 Å². The molecular weight excluding hydrogens is 412 g/mol. The molecule has 1 heterocycles.